The Bertz CT molecular complexity index is 2870. The topological polar surface area (TPSA) is 74.5 Å². The van der Waals surface area contributed by atoms with Gasteiger partial charge in [-0.1, -0.05) is 269 Å². The number of unbranched alkanes of at least 4 members (excludes halogenated alkanes) is 30. The highest BCUT2D eigenvalue weighted by molar-refractivity contribution is 8.14. The Morgan fingerprint density at radius 2 is 0.790 bits per heavy atom. The lowest BCUT2D eigenvalue weighted by Crippen LogP contribution is -2.28. The number of fused-ring (bicyclic) bond motifs is 2. The van der Waals surface area contributed by atoms with Gasteiger partial charge in [-0.15, -0.1) is 0 Å². The summed E-state index contributed by atoms with van der Waals surface area (Å²) in [5.74, 6) is 0. The van der Waals surface area contributed by atoms with Crippen molar-refractivity contribution in [2.24, 2.45) is 0 Å². The van der Waals surface area contributed by atoms with Crippen LogP contribution in [0.25, 0.3) is 22.3 Å². The SMILES string of the molecule is CCCCCCCCCCCCCCCCCCN1/C(=C/C=C/C2=[N+](CCCCCCCCCCCCCCCCCC)c3cc(-c4ccc(S(=O)(=O)Cl)cc4)ccc3C2(C)C)C(C)(C)c2ccc(-c3ccc(S(=O)(=O)Cl)cc3)cc21. The minimum absolute atomic E-state index is 0.102. The summed E-state index contributed by atoms with van der Waals surface area (Å²) in [4.78, 5) is 2.76. The number of hydrogen-bond donors (Lipinski definition) is 0. The molecule has 81 heavy (non-hydrogen) atoms. The molecule has 0 amide bonds. The molecule has 446 valence electrons. The highest BCUT2D eigenvalue weighted by Crippen LogP contribution is 2.50. The number of hydrogen-bond acceptors (Lipinski definition) is 5. The average Bonchev–Trinajstić information content (AvgIpc) is 4.02. The minimum Gasteiger partial charge on any atom is -0.344 e. The van der Waals surface area contributed by atoms with Crippen molar-refractivity contribution >= 4 is 56.6 Å². The standard InChI is InChI=1S/C71H103Cl2N2O4S2/c1-7-9-11-13-15-17-19-21-23-25-27-29-31-33-35-37-54-74-66-56-60(58-42-48-62(49-43-58)80(72,76)77)46-52-64(66)70(3,4)68(74)40-39-41-69-71(5,6)65-53-47-61(59-44-50-63(51-45-59)81(73,78)79)57-67(65)75(69)55-38-36-34-32-30-28-26-24-22-20-18-16-14-12-10-8-2/h39-53,56-57H,7-38,54-55H2,1-6H3/q+1. The molecule has 0 saturated heterocycles. The molecule has 0 radical (unpaired) electrons. The van der Waals surface area contributed by atoms with E-state index in [-0.39, 0.29) is 20.6 Å². The second-order valence-corrected chi connectivity index (χ2v) is 30.0. The molecule has 0 saturated carbocycles. The smallest absolute Gasteiger partial charge is 0.261 e. The first-order valence-electron chi connectivity index (χ1n) is 32.2. The largest absolute Gasteiger partial charge is 0.344 e. The molecule has 0 unspecified atom stereocenters. The number of allylic oxidation sites excluding steroid dienone is 4. The van der Waals surface area contributed by atoms with Gasteiger partial charge in [0.2, 0.25) is 5.69 Å². The summed E-state index contributed by atoms with van der Waals surface area (Å²) in [7, 11) is 3.79. The molecule has 4 aromatic carbocycles. The first kappa shape index (κ1) is 66.4. The Kier molecular flexibility index (Phi) is 27.7. The zero-order valence-electron chi connectivity index (χ0n) is 51.0. The summed E-state index contributed by atoms with van der Waals surface area (Å²) < 4.78 is 51.1. The summed E-state index contributed by atoms with van der Waals surface area (Å²) in [6.07, 6.45) is 49.8. The minimum atomic E-state index is -3.82. The van der Waals surface area contributed by atoms with E-state index in [0.717, 1.165) is 48.2 Å². The van der Waals surface area contributed by atoms with E-state index in [1.165, 1.54) is 227 Å². The number of benzene rings is 4. The van der Waals surface area contributed by atoms with Gasteiger partial charge in [-0.25, -0.2) is 16.8 Å². The highest BCUT2D eigenvalue weighted by atomic mass is 35.7. The van der Waals surface area contributed by atoms with E-state index < -0.39 is 18.1 Å². The number of halogens is 2. The molecule has 0 atom stereocenters. The van der Waals surface area contributed by atoms with Crippen LogP contribution < -0.4 is 4.90 Å². The fourth-order valence-electron chi connectivity index (χ4n) is 12.7. The fraction of sp³-hybridized carbons (Fsp3) is 0.592. The van der Waals surface area contributed by atoms with Crippen molar-refractivity contribution in [1.29, 1.82) is 0 Å². The van der Waals surface area contributed by atoms with Crippen molar-refractivity contribution in [1.82, 2.24) is 0 Å². The van der Waals surface area contributed by atoms with E-state index in [9.17, 15) is 16.8 Å². The average molecular weight is 1180 g/mol. The number of anilines is 1. The second kappa shape index (κ2) is 33.7. The van der Waals surface area contributed by atoms with Crippen molar-refractivity contribution in [3.8, 4) is 22.3 Å². The van der Waals surface area contributed by atoms with E-state index >= 15 is 0 Å². The summed E-state index contributed by atoms with van der Waals surface area (Å²) in [5.41, 5.74) is 11.0. The lowest BCUT2D eigenvalue weighted by molar-refractivity contribution is -0.438. The van der Waals surface area contributed by atoms with Crippen LogP contribution in [0, 0.1) is 0 Å². The molecule has 6 nitrogen and oxygen atoms in total. The molecule has 4 aromatic rings. The Balaban J connectivity index is 1.17. The summed E-state index contributed by atoms with van der Waals surface area (Å²) in [6, 6.07) is 27.3. The molecule has 2 aliphatic rings. The summed E-state index contributed by atoms with van der Waals surface area (Å²) in [5, 5.41) is 0. The van der Waals surface area contributed by atoms with Gasteiger partial charge in [0.1, 0.15) is 6.54 Å². The molecule has 0 bridgehead atoms. The molecule has 6 rings (SSSR count). The van der Waals surface area contributed by atoms with Crippen molar-refractivity contribution in [2.75, 3.05) is 18.0 Å². The van der Waals surface area contributed by atoms with E-state index in [0.29, 0.717) is 0 Å². The van der Waals surface area contributed by atoms with Gasteiger partial charge >= 0.3 is 0 Å². The van der Waals surface area contributed by atoms with E-state index in [4.69, 9.17) is 21.4 Å². The van der Waals surface area contributed by atoms with Crippen LogP contribution in [0.2, 0.25) is 0 Å². The molecule has 2 heterocycles. The molecular weight excluding hydrogens is 1080 g/mol. The number of rotatable bonds is 40. The van der Waals surface area contributed by atoms with Gasteiger partial charge in [0.25, 0.3) is 18.1 Å². The maximum Gasteiger partial charge on any atom is 0.261 e. The molecule has 10 heteroatoms. The second-order valence-electron chi connectivity index (χ2n) is 24.8. The van der Waals surface area contributed by atoms with E-state index in [1.807, 2.05) is 24.3 Å². The van der Waals surface area contributed by atoms with Crippen LogP contribution in [0.1, 0.15) is 258 Å². The van der Waals surface area contributed by atoms with Crippen LogP contribution in [-0.2, 0) is 28.9 Å². The van der Waals surface area contributed by atoms with Crippen LogP contribution in [0.4, 0.5) is 11.4 Å². The third-order valence-electron chi connectivity index (χ3n) is 17.7. The zero-order valence-corrected chi connectivity index (χ0v) is 54.1. The first-order chi connectivity index (χ1) is 39.0. The molecule has 0 fully saturated rings. The maximum atomic E-state index is 12.1. The Hall–Kier alpha value is -3.69. The lowest BCUT2D eigenvalue weighted by atomic mass is 9.80. The maximum absolute atomic E-state index is 12.1. The van der Waals surface area contributed by atoms with E-state index in [1.54, 1.807) is 24.3 Å². The third kappa shape index (κ3) is 20.2. The number of nitrogens with zero attached hydrogens (tertiary/aromatic N) is 2. The Labute approximate surface area is 502 Å². The Morgan fingerprint density at radius 3 is 1.20 bits per heavy atom. The molecular formula is C71H103Cl2N2O4S2+. The lowest BCUT2D eigenvalue weighted by Gasteiger charge is -2.27. The van der Waals surface area contributed by atoms with Crippen molar-refractivity contribution < 1.29 is 21.4 Å². The van der Waals surface area contributed by atoms with Gasteiger partial charge in [-0.05, 0) is 90.9 Å². The van der Waals surface area contributed by atoms with Crippen molar-refractivity contribution in [3.63, 3.8) is 0 Å². The van der Waals surface area contributed by atoms with Crippen LogP contribution in [0.5, 0.6) is 0 Å². The normalized spacial score (nSPS) is 15.4. The monoisotopic (exact) mass is 1180 g/mol. The van der Waals surface area contributed by atoms with Gasteiger partial charge in [-0.2, -0.15) is 4.58 Å². The van der Waals surface area contributed by atoms with Gasteiger partial charge in [0.05, 0.1) is 15.2 Å². The molecule has 0 N–H and O–H groups in total. The molecule has 2 aliphatic heterocycles. The predicted octanol–water partition coefficient (Wildman–Crippen LogP) is 22.0. The first-order valence-corrected chi connectivity index (χ1v) is 36.8. The molecule has 0 aromatic heterocycles. The van der Waals surface area contributed by atoms with Crippen molar-refractivity contribution in [2.45, 2.75) is 268 Å². The summed E-state index contributed by atoms with van der Waals surface area (Å²) in [6.45, 7) is 15.8. The van der Waals surface area contributed by atoms with Gasteiger partial charge < -0.3 is 4.90 Å². The summed E-state index contributed by atoms with van der Waals surface area (Å²) >= 11 is 0. The molecule has 0 aliphatic carbocycles. The van der Waals surface area contributed by atoms with Gasteiger partial charge in [0.15, 0.2) is 5.71 Å². The van der Waals surface area contributed by atoms with Gasteiger partial charge in [-0.3, -0.25) is 0 Å². The van der Waals surface area contributed by atoms with Gasteiger partial charge in [0, 0.05) is 68.8 Å². The van der Waals surface area contributed by atoms with Crippen LogP contribution in [0.3, 0.4) is 0 Å². The quantitative estimate of drug-likeness (QED) is 0.0252. The zero-order chi connectivity index (χ0) is 58.1. The highest BCUT2D eigenvalue weighted by Gasteiger charge is 2.45. The van der Waals surface area contributed by atoms with Crippen LogP contribution in [0.15, 0.2) is 119 Å². The van der Waals surface area contributed by atoms with E-state index in [2.05, 4.69) is 106 Å². The molecule has 0 spiro atoms. The third-order valence-corrected chi connectivity index (χ3v) is 20.4. The predicted molar refractivity (Wildman–Crippen MR) is 349 cm³/mol. The van der Waals surface area contributed by atoms with Crippen LogP contribution in [-0.4, -0.2) is 40.2 Å². The Morgan fingerprint density at radius 1 is 0.432 bits per heavy atom. The van der Waals surface area contributed by atoms with Crippen LogP contribution >= 0.6 is 21.4 Å². The van der Waals surface area contributed by atoms with Crippen molar-refractivity contribution in [3.05, 3.63) is 120 Å². The fourth-order valence-corrected chi connectivity index (χ4v) is 14.2.